The van der Waals surface area contributed by atoms with E-state index in [-0.39, 0.29) is 5.91 Å². The number of carbonyl (C=O) groups excluding carboxylic acids is 1. The molecule has 0 aliphatic rings. The van der Waals surface area contributed by atoms with Crippen LogP contribution >= 0.6 is 0 Å². The van der Waals surface area contributed by atoms with Crippen molar-refractivity contribution >= 4 is 17.3 Å². The summed E-state index contributed by atoms with van der Waals surface area (Å²) in [6.45, 7) is 3.45. The van der Waals surface area contributed by atoms with Crippen LogP contribution in [0.15, 0.2) is 58.7 Å². The highest BCUT2D eigenvalue weighted by atomic mass is 16.3. The molecule has 0 aliphatic carbocycles. The SMILES string of the molecule is C=CC(=O)N(c1ccoc1)c1ccoc1. The fourth-order valence-electron chi connectivity index (χ4n) is 1.26. The van der Waals surface area contributed by atoms with Crippen molar-refractivity contribution in [1.29, 1.82) is 0 Å². The van der Waals surface area contributed by atoms with Crippen LogP contribution in [-0.4, -0.2) is 5.91 Å². The van der Waals surface area contributed by atoms with Gasteiger partial charge in [0.15, 0.2) is 0 Å². The van der Waals surface area contributed by atoms with Crippen LogP contribution in [0.5, 0.6) is 0 Å². The van der Waals surface area contributed by atoms with Gasteiger partial charge in [0, 0.05) is 12.1 Å². The van der Waals surface area contributed by atoms with Crippen LogP contribution in [0.1, 0.15) is 0 Å². The minimum Gasteiger partial charge on any atom is -0.470 e. The first-order valence-electron chi connectivity index (χ1n) is 4.34. The fourth-order valence-corrected chi connectivity index (χ4v) is 1.26. The Hall–Kier alpha value is -2.23. The molecular weight excluding hydrogens is 194 g/mol. The lowest BCUT2D eigenvalue weighted by molar-refractivity contribution is -0.113. The molecule has 2 aromatic heterocycles. The molecule has 0 saturated carbocycles. The number of rotatable bonds is 3. The highest BCUT2D eigenvalue weighted by molar-refractivity contribution is 6.06. The molecule has 76 valence electrons. The van der Waals surface area contributed by atoms with Crippen LogP contribution in [-0.2, 0) is 4.79 Å². The van der Waals surface area contributed by atoms with Gasteiger partial charge in [-0.1, -0.05) is 6.58 Å². The predicted octanol–water partition coefficient (Wildman–Crippen LogP) is 2.72. The molecule has 0 spiro atoms. The molecule has 2 aromatic rings. The largest absolute Gasteiger partial charge is 0.470 e. The van der Waals surface area contributed by atoms with Gasteiger partial charge in [0.05, 0.1) is 23.9 Å². The zero-order chi connectivity index (χ0) is 10.7. The maximum atomic E-state index is 11.6. The third kappa shape index (κ3) is 1.69. The van der Waals surface area contributed by atoms with Gasteiger partial charge >= 0.3 is 0 Å². The van der Waals surface area contributed by atoms with E-state index in [4.69, 9.17) is 8.83 Å². The van der Waals surface area contributed by atoms with E-state index in [0.717, 1.165) is 0 Å². The minimum atomic E-state index is -0.238. The molecule has 0 bridgehead atoms. The number of hydrogen-bond donors (Lipinski definition) is 0. The van der Waals surface area contributed by atoms with Crippen LogP contribution in [0.3, 0.4) is 0 Å². The molecule has 1 amide bonds. The van der Waals surface area contributed by atoms with Crippen molar-refractivity contribution in [2.75, 3.05) is 4.90 Å². The summed E-state index contributed by atoms with van der Waals surface area (Å²) in [6, 6.07) is 3.38. The summed E-state index contributed by atoms with van der Waals surface area (Å²) in [5.74, 6) is -0.238. The van der Waals surface area contributed by atoms with Crippen LogP contribution in [0.4, 0.5) is 11.4 Å². The molecule has 4 nitrogen and oxygen atoms in total. The molecule has 0 radical (unpaired) electrons. The second-order valence-corrected chi connectivity index (χ2v) is 2.84. The standard InChI is InChI=1S/C11H9NO3/c1-2-11(13)12(9-3-5-14-7-9)10-4-6-15-8-10/h2-8H,1H2. The molecule has 0 atom stereocenters. The summed E-state index contributed by atoms with van der Waals surface area (Å²) in [4.78, 5) is 13.1. The monoisotopic (exact) mass is 203 g/mol. The predicted molar refractivity (Wildman–Crippen MR) is 54.8 cm³/mol. The highest BCUT2D eigenvalue weighted by Crippen LogP contribution is 2.26. The summed E-state index contributed by atoms with van der Waals surface area (Å²) in [5.41, 5.74) is 1.28. The van der Waals surface area contributed by atoms with Crippen LogP contribution in [0, 0.1) is 0 Å². The van der Waals surface area contributed by atoms with Crippen molar-refractivity contribution in [1.82, 2.24) is 0 Å². The summed E-state index contributed by atoms with van der Waals surface area (Å²) in [7, 11) is 0. The van der Waals surface area contributed by atoms with Crippen molar-refractivity contribution in [3.8, 4) is 0 Å². The van der Waals surface area contributed by atoms with Crippen LogP contribution in [0.2, 0.25) is 0 Å². The fraction of sp³-hybridized carbons (Fsp3) is 0. The molecule has 0 fully saturated rings. The van der Waals surface area contributed by atoms with E-state index in [1.807, 2.05) is 0 Å². The van der Waals surface area contributed by atoms with Gasteiger partial charge < -0.3 is 8.83 Å². The zero-order valence-corrected chi connectivity index (χ0v) is 7.92. The van der Waals surface area contributed by atoms with E-state index in [0.29, 0.717) is 11.4 Å². The van der Waals surface area contributed by atoms with Crippen molar-refractivity contribution < 1.29 is 13.6 Å². The normalized spacial score (nSPS) is 9.87. The molecule has 0 aliphatic heterocycles. The first kappa shape index (κ1) is 9.33. The number of nitrogens with zero attached hydrogens (tertiary/aromatic N) is 1. The summed E-state index contributed by atoms with van der Waals surface area (Å²) in [6.07, 6.45) is 7.19. The van der Waals surface area contributed by atoms with Gasteiger partial charge in [0.25, 0.3) is 5.91 Å². The van der Waals surface area contributed by atoms with Gasteiger partial charge in [-0.05, 0) is 6.08 Å². The van der Waals surface area contributed by atoms with Crippen molar-refractivity contribution in [3.05, 3.63) is 49.8 Å². The third-order valence-corrected chi connectivity index (χ3v) is 1.92. The molecule has 2 heterocycles. The average Bonchev–Trinajstić information content (AvgIpc) is 2.90. The van der Waals surface area contributed by atoms with Crippen LogP contribution < -0.4 is 4.90 Å². The number of carbonyl (C=O) groups is 1. The van der Waals surface area contributed by atoms with E-state index in [2.05, 4.69) is 6.58 Å². The van der Waals surface area contributed by atoms with Gasteiger partial charge in [-0.2, -0.15) is 0 Å². The van der Waals surface area contributed by atoms with Gasteiger partial charge in [0.1, 0.15) is 12.5 Å². The first-order chi connectivity index (χ1) is 7.33. The first-order valence-corrected chi connectivity index (χ1v) is 4.34. The number of hydrogen-bond acceptors (Lipinski definition) is 3. The Morgan fingerprint density at radius 3 is 2.07 bits per heavy atom. The Labute approximate surface area is 86.4 Å². The quantitative estimate of drug-likeness (QED) is 0.720. The Kier molecular flexibility index (Phi) is 2.41. The van der Waals surface area contributed by atoms with E-state index >= 15 is 0 Å². The molecular formula is C11H9NO3. The lowest BCUT2D eigenvalue weighted by atomic mass is 10.3. The van der Waals surface area contributed by atoms with Crippen molar-refractivity contribution in [2.45, 2.75) is 0 Å². The highest BCUT2D eigenvalue weighted by Gasteiger charge is 2.16. The Balaban J connectivity index is 2.41. The smallest absolute Gasteiger partial charge is 0.255 e. The van der Waals surface area contributed by atoms with Gasteiger partial charge in [-0.3, -0.25) is 9.69 Å². The van der Waals surface area contributed by atoms with E-state index < -0.39 is 0 Å². The topological polar surface area (TPSA) is 46.6 Å². The summed E-state index contributed by atoms with van der Waals surface area (Å²) in [5, 5.41) is 0. The summed E-state index contributed by atoms with van der Waals surface area (Å²) >= 11 is 0. The zero-order valence-electron chi connectivity index (χ0n) is 7.92. The molecule has 0 aromatic carbocycles. The molecule has 15 heavy (non-hydrogen) atoms. The minimum absolute atomic E-state index is 0.238. The second-order valence-electron chi connectivity index (χ2n) is 2.84. The van der Waals surface area contributed by atoms with Gasteiger partial charge in [-0.25, -0.2) is 0 Å². The lowest BCUT2D eigenvalue weighted by Crippen LogP contribution is -2.22. The maximum Gasteiger partial charge on any atom is 0.255 e. The van der Waals surface area contributed by atoms with Crippen molar-refractivity contribution in [2.24, 2.45) is 0 Å². The number of anilines is 2. The Bertz CT molecular complexity index is 408. The van der Waals surface area contributed by atoms with Gasteiger partial charge in [-0.15, -0.1) is 0 Å². The number of amides is 1. The average molecular weight is 203 g/mol. The molecule has 0 unspecified atom stereocenters. The van der Waals surface area contributed by atoms with E-state index in [1.165, 1.54) is 36.0 Å². The van der Waals surface area contributed by atoms with Crippen molar-refractivity contribution in [3.63, 3.8) is 0 Å². The molecule has 0 saturated heterocycles. The maximum absolute atomic E-state index is 11.6. The molecule has 2 rings (SSSR count). The molecule has 0 N–H and O–H groups in total. The molecule has 4 heteroatoms. The second kappa shape index (κ2) is 3.88. The van der Waals surface area contributed by atoms with E-state index in [1.54, 1.807) is 12.1 Å². The summed E-state index contributed by atoms with van der Waals surface area (Å²) < 4.78 is 9.86. The lowest BCUT2D eigenvalue weighted by Gasteiger charge is -2.16. The van der Waals surface area contributed by atoms with E-state index in [9.17, 15) is 4.79 Å². The Morgan fingerprint density at radius 2 is 1.73 bits per heavy atom. The third-order valence-electron chi connectivity index (χ3n) is 1.92. The number of furan rings is 2. The van der Waals surface area contributed by atoms with Gasteiger partial charge in [0.2, 0.25) is 0 Å². The van der Waals surface area contributed by atoms with Crippen LogP contribution in [0.25, 0.3) is 0 Å². The Morgan fingerprint density at radius 1 is 1.20 bits per heavy atom.